The zero-order valence-corrected chi connectivity index (χ0v) is 19.9. The molecule has 2 aromatic carbocycles. The number of carbonyl (C=O) groups excluding carboxylic acids is 2. The second kappa shape index (κ2) is 10.0. The number of hydrogen-bond acceptors (Lipinski definition) is 5. The van der Waals surface area contributed by atoms with Gasteiger partial charge in [0.2, 0.25) is 0 Å². The lowest BCUT2D eigenvalue weighted by atomic mass is 9.98. The van der Waals surface area contributed by atoms with E-state index in [1.807, 2.05) is 36.4 Å². The van der Waals surface area contributed by atoms with E-state index in [9.17, 15) is 14.4 Å². The summed E-state index contributed by atoms with van der Waals surface area (Å²) in [6.45, 7) is 3.96. The van der Waals surface area contributed by atoms with Gasteiger partial charge in [0, 0.05) is 31.6 Å². The summed E-state index contributed by atoms with van der Waals surface area (Å²) in [6.07, 6.45) is -0.835. The molecule has 0 radical (unpaired) electrons. The predicted molar refractivity (Wildman–Crippen MR) is 130 cm³/mol. The van der Waals surface area contributed by atoms with E-state index in [1.54, 1.807) is 20.9 Å². The number of benzene rings is 2. The second-order valence-corrected chi connectivity index (χ2v) is 8.53. The Kier molecular flexibility index (Phi) is 6.86. The predicted octanol–water partition coefficient (Wildman–Crippen LogP) is 4.11. The largest absolute Gasteiger partial charge is 0.481 e. The number of hydrogen-bond donors (Lipinski definition) is 2. The number of ether oxygens (including phenoxy) is 1. The molecule has 0 bridgehead atoms. The van der Waals surface area contributed by atoms with Crippen molar-refractivity contribution in [3.05, 3.63) is 71.4 Å². The van der Waals surface area contributed by atoms with Crippen LogP contribution in [0.15, 0.2) is 54.6 Å². The summed E-state index contributed by atoms with van der Waals surface area (Å²) in [5.74, 6) is -1.24. The van der Waals surface area contributed by atoms with Gasteiger partial charge in [0.1, 0.15) is 12.3 Å². The zero-order chi connectivity index (χ0) is 25.1. The van der Waals surface area contributed by atoms with Crippen molar-refractivity contribution in [2.75, 3.05) is 18.5 Å². The molecule has 3 aromatic rings. The van der Waals surface area contributed by atoms with Crippen LogP contribution < -0.4 is 5.32 Å². The zero-order valence-electron chi connectivity index (χ0n) is 19.9. The van der Waals surface area contributed by atoms with Crippen molar-refractivity contribution in [2.24, 2.45) is 7.05 Å². The number of aliphatic carboxylic acids is 1. The highest BCUT2D eigenvalue weighted by atomic mass is 16.5. The molecule has 35 heavy (non-hydrogen) atoms. The molecule has 0 fully saturated rings. The van der Waals surface area contributed by atoms with Gasteiger partial charge >= 0.3 is 12.1 Å². The van der Waals surface area contributed by atoms with Crippen molar-refractivity contribution in [1.82, 2.24) is 14.7 Å². The van der Waals surface area contributed by atoms with Crippen molar-refractivity contribution in [3.8, 4) is 11.1 Å². The summed E-state index contributed by atoms with van der Waals surface area (Å²) in [4.78, 5) is 38.1. The van der Waals surface area contributed by atoms with Crippen LogP contribution in [0.4, 0.5) is 10.6 Å². The number of aromatic nitrogens is 2. The molecule has 0 spiro atoms. The molecule has 9 nitrogen and oxygen atoms in total. The fraction of sp³-hybridized carbons (Fsp3) is 0.308. The highest BCUT2D eigenvalue weighted by molar-refractivity contribution is 5.95. The minimum absolute atomic E-state index is 0.0668. The summed E-state index contributed by atoms with van der Waals surface area (Å²) in [7, 11) is 1.59. The molecular weight excluding hydrogens is 448 g/mol. The molecule has 182 valence electrons. The second-order valence-electron chi connectivity index (χ2n) is 8.53. The summed E-state index contributed by atoms with van der Waals surface area (Å²) < 4.78 is 6.90. The van der Waals surface area contributed by atoms with Crippen LogP contribution in [0.5, 0.6) is 0 Å². The molecule has 1 heterocycles. The van der Waals surface area contributed by atoms with E-state index in [2.05, 4.69) is 22.5 Å². The normalized spacial score (nSPS) is 13.0. The standard InChI is InChI=1S/C26H28N4O5/c1-4-30(16(2)13-24(31)32)25(33)22-14-23(28-29(22)3)27-26(34)35-15-21-19-11-7-5-9-17(19)18-10-6-8-12-20(18)21/h5-12,14,16,21H,4,13,15H2,1-3H3,(H,31,32)(H,27,28,34). The van der Waals surface area contributed by atoms with E-state index in [-0.39, 0.29) is 36.4 Å². The van der Waals surface area contributed by atoms with Crippen molar-refractivity contribution in [1.29, 1.82) is 0 Å². The first-order valence-electron chi connectivity index (χ1n) is 11.5. The Balaban J connectivity index is 1.42. The molecule has 4 rings (SSSR count). The van der Waals surface area contributed by atoms with E-state index in [4.69, 9.17) is 9.84 Å². The molecule has 1 aliphatic carbocycles. The Morgan fingerprint density at radius 2 is 1.71 bits per heavy atom. The van der Waals surface area contributed by atoms with Crippen molar-refractivity contribution >= 4 is 23.8 Å². The van der Waals surface area contributed by atoms with Crippen LogP contribution in [0.3, 0.4) is 0 Å². The monoisotopic (exact) mass is 476 g/mol. The van der Waals surface area contributed by atoms with Crippen molar-refractivity contribution in [2.45, 2.75) is 32.2 Å². The summed E-state index contributed by atoms with van der Waals surface area (Å²) in [6, 6.07) is 17.1. The lowest BCUT2D eigenvalue weighted by Gasteiger charge is -2.26. The summed E-state index contributed by atoms with van der Waals surface area (Å²) >= 11 is 0. The highest BCUT2D eigenvalue weighted by Crippen LogP contribution is 2.44. The van der Waals surface area contributed by atoms with E-state index >= 15 is 0 Å². The molecule has 2 amide bonds. The van der Waals surface area contributed by atoms with Crippen molar-refractivity contribution in [3.63, 3.8) is 0 Å². The SMILES string of the molecule is CCN(C(=O)c1cc(NC(=O)OCC2c3ccccc3-c3ccccc32)nn1C)C(C)CC(=O)O. The van der Waals surface area contributed by atoms with Gasteiger partial charge < -0.3 is 14.7 Å². The molecule has 1 aromatic heterocycles. The van der Waals surface area contributed by atoms with Crippen LogP contribution >= 0.6 is 0 Å². The highest BCUT2D eigenvalue weighted by Gasteiger charge is 2.29. The third-order valence-corrected chi connectivity index (χ3v) is 6.28. The number of rotatable bonds is 8. The van der Waals surface area contributed by atoms with Crippen LogP contribution in [-0.4, -0.2) is 57.0 Å². The van der Waals surface area contributed by atoms with E-state index in [1.165, 1.54) is 15.6 Å². The fourth-order valence-corrected chi connectivity index (χ4v) is 4.63. The molecule has 0 saturated heterocycles. The van der Waals surface area contributed by atoms with Gasteiger partial charge in [-0.25, -0.2) is 4.79 Å². The van der Waals surface area contributed by atoms with Crippen LogP contribution in [0.2, 0.25) is 0 Å². The molecule has 1 unspecified atom stereocenters. The Labute approximate surface area is 203 Å². The number of nitrogens with one attached hydrogen (secondary N) is 1. The topological polar surface area (TPSA) is 114 Å². The third-order valence-electron chi connectivity index (χ3n) is 6.28. The number of amides is 2. The van der Waals surface area contributed by atoms with Gasteiger partial charge in [0.15, 0.2) is 5.82 Å². The first-order chi connectivity index (χ1) is 16.8. The summed E-state index contributed by atoms with van der Waals surface area (Å²) in [5.41, 5.74) is 4.74. The maximum Gasteiger partial charge on any atom is 0.412 e. The van der Waals surface area contributed by atoms with E-state index in [0.717, 1.165) is 22.3 Å². The Morgan fingerprint density at radius 1 is 1.11 bits per heavy atom. The molecule has 9 heteroatoms. The average molecular weight is 477 g/mol. The minimum Gasteiger partial charge on any atom is -0.481 e. The van der Waals surface area contributed by atoms with E-state index < -0.39 is 18.1 Å². The van der Waals surface area contributed by atoms with Gasteiger partial charge in [0.25, 0.3) is 5.91 Å². The first-order valence-corrected chi connectivity index (χ1v) is 11.5. The number of carboxylic acid groups (broad SMARTS) is 1. The number of anilines is 1. The molecule has 0 aliphatic heterocycles. The average Bonchev–Trinajstić information content (AvgIpc) is 3.35. The van der Waals surface area contributed by atoms with Gasteiger partial charge in [-0.15, -0.1) is 0 Å². The van der Waals surface area contributed by atoms with Gasteiger partial charge in [-0.1, -0.05) is 48.5 Å². The van der Waals surface area contributed by atoms with Gasteiger partial charge in [-0.3, -0.25) is 19.6 Å². The van der Waals surface area contributed by atoms with Gasteiger partial charge in [0.05, 0.1) is 6.42 Å². The Morgan fingerprint density at radius 3 is 2.29 bits per heavy atom. The fourth-order valence-electron chi connectivity index (χ4n) is 4.63. The smallest absolute Gasteiger partial charge is 0.412 e. The molecule has 1 atom stereocenters. The first kappa shape index (κ1) is 24.0. The maximum absolute atomic E-state index is 13.0. The minimum atomic E-state index is -0.980. The van der Waals surface area contributed by atoms with Gasteiger partial charge in [-0.05, 0) is 36.1 Å². The lowest BCUT2D eigenvalue weighted by molar-refractivity contribution is -0.138. The quantitative estimate of drug-likeness (QED) is 0.506. The number of nitrogens with zero attached hydrogens (tertiary/aromatic N) is 3. The number of fused-ring (bicyclic) bond motifs is 3. The molecule has 1 aliphatic rings. The van der Waals surface area contributed by atoms with Gasteiger partial charge in [-0.2, -0.15) is 5.10 Å². The van der Waals surface area contributed by atoms with Crippen LogP contribution in [0.25, 0.3) is 11.1 Å². The van der Waals surface area contributed by atoms with E-state index in [0.29, 0.717) is 6.54 Å². The molecule has 2 N–H and O–H groups in total. The number of aryl methyl sites for hydroxylation is 1. The maximum atomic E-state index is 13.0. The lowest BCUT2D eigenvalue weighted by Crippen LogP contribution is -2.40. The molecule has 0 saturated carbocycles. The van der Waals surface area contributed by atoms with Crippen LogP contribution in [0, 0.1) is 0 Å². The summed E-state index contributed by atoms with van der Waals surface area (Å²) in [5, 5.41) is 15.9. The third kappa shape index (κ3) is 4.89. The van der Waals surface area contributed by atoms with Crippen LogP contribution in [0.1, 0.15) is 47.8 Å². The number of carboxylic acids is 1. The number of carbonyl (C=O) groups is 3. The van der Waals surface area contributed by atoms with Crippen LogP contribution in [-0.2, 0) is 16.6 Å². The molecular formula is C26H28N4O5. The van der Waals surface area contributed by atoms with Crippen molar-refractivity contribution < 1.29 is 24.2 Å². The Hall–Kier alpha value is -4.14. The Bertz CT molecular complexity index is 1220.